The Morgan fingerprint density at radius 1 is 1.33 bits per heavy atom. The van der Waals surface area contributed by atoms with Crippen LogP contribution in [0.4, 0.5) is 5.82 Å². The number of anilines is 1. The van der Waals surface area contributed by atoms with Gasteiger partial charge in [0.1, 0.15) is 5.82 Å². The smallest absolute Gasteiger partial charge is 0.314 e. The number of carbonyl (C=O) groups excluding carboxylic acids is 2. The summed E-state index contributed by atoms with van der Waals surface area (Å²) in [5.41, 5.74) is 1.35. The monoisotopic (exact) mass is 374 g/mol. The molecule has 2 aromatic rings. The highest BCUT2D eigenvalue weighted by Gasteiger charge is 2.21. The molecule has 3 N–H and O–H groups in total. The first-order chi connectivity index (χ1) is 12.8. The van der Waals surface area contributed by atoms with Crippen molar-refractivity contribution in [2.75, 3.05) is 18.5 Å². The summed E-state index contributed by atoms with van der Waals surface area (Å²) in [7, 11) is 0. The van der Waals surface area contributed by atoms with Gasteiger partial charge in [0.2, 0.25) is 5.95 Å². The van der Waals surface area contributed by atoms with Crippen LogP contribution in [0.5, 0.6) is 0 Å². The van der Waals surface area contributed by atoms with E-state index in [0.29, 0.717) is 23.6 Å². The van der Waals surface area contributed by atoms with E-state index in [4.69, 9.17) is 4.74 Å². The molecule has 3 heterocycles. The summed E-state index contributed by atoms with van der Waals surface area (Å²) < 4.78 is 6.70. The van der Waals surface area contributed by atoms with E-state index in [0.717, 1.165) is 12.8 Å². The lowest BCUT2D eigenvalue weighted by molar-refractivity contribution is -0.136. The van der Waals surface area contributed by atoms with Crippen molar-refractivity contribution in [3.63, 3.8) is 0 Å². The maximum atomic E-state index is 12.2. The molecule has 0 aromatic carbocycles. The lowest BCUT2D eigenvalue weighted by atomic mass is 10.2. The van der Waals surface area contributed by atoms with E-state index in [2.05, 4.69) is 25.7 Å². The summed E-state index contributed by atoms with van der Waals surface area (Å²) in [5, 5.41) is 9.29. The zero-order chi connectivity index (χ0) is 19.6. The van der Waals surface area contributed by atoms with Gasteiger partial charge in [0.15, 0.2) is 0 Å². The fourth-order valence-electron chi connectivity index (χ4n) is 2.75. The van der Waals surface area contributed by atoms with Crippen LogP contribution >= 0.6 is 0 Å². The van der Waals surface area contributed by atoms with Gasteiger partial charge in [0.25, 0.3) is 5.56 Å². The molecule has 2 amide bonds. The van der Waals surface area contributed by atoms with Gasteiger partial charge in [0, 0.05) is 30.5 Å². The summed E-state index contributed by atoms with van der Waals surface area (Å²) in [4.78, 5) is 43.1. The minimum atomic E-state index is -0.833. The second-order valence-electron chi connectivity index (χ2n) is 6.48. The fourth-order valence-corrected chi connectivity index (χ4v) is 2.75. The number of H-pyrrole nitrogens is 1. The van der Waals surface area contributed by atoms with E-state index in [-0.39, 0.29) is 30.0 Å². The second-order valence-corrected chi connectivity index (χ2v) is 6.48. The first-order valence-corrected chi connectivity index (χ1v) is 8.70. The molecule has 0 saturated carbocycles. The second kappa shape index (κ2) is 7.70. The maximum absolute atomic E-state index is 12.2. The van der Waals surface area contributed by atoms with Crippen LogP contribution in [-0.2, 0) is 14.3 Å². The Balaban J connectivity index is 1.74. The molecule has 1 unspecified atom stereocenters. The van der Waals surface area contributed by atoms with Gasteiger partial charge in [-0.05, 0) is 33.6 Å². The lowest BCUT2D eigenvalue weighted by Gasteiger charge is -2.11. The number of nitrogens with one attached hydrogen (secondary N) is 3. The zero-order valence-electron chi connectivity index (χ0n) is 15.5. The van der Waals surface area contributed by atoms with E-state index in [9.17, 15) is 14.4 Å². The molecule has 1 aliphatic rings. The van der Waals surface area contributed by atoms with Gasteiger partial charge in [-0.3, -0.25) is 19.4 Å². The number of nitrogens with zero attached hydrogens (tertiary/aromatic N) is 3. The van der Waals surface area contributed by atoms with Gasteiger partial charge >= 0.3 is 11.8 Å². The summed E-state index contributed by atoms with van der Waals surface area (Å²) in [6.45, 7) is 6.06. The van der Waals surface area contributed by atoms with E-state index >= 15 is 0 Å². The van der Waals surface area contributed by atoms with E-state index < -0.39 is 11.8 Å². The number of amides is 2. The number of hydrogen-bond acceptors (Lipinski definition) is 6. The number of ether oxygens (including phenoxy) is 1. The third-order valence-electron chi connectivity index (χ3n) is 4.38. The van der Waals surface area contributed by atoms with Crippen LogP contribution in [0.15, 0.2) is 10.9 Å². The Kier molecular flexibility index (Phi) is 5.36. The van der Waals surface area contributed by atoms with Crippen molar-refractivity contribution in [2.45, 2.75) is 39.7 Å². The van der Waals surface area contributed by atoms with Crippen LogP contribution < -0.4 is 16.2 Å². The van der Waals surface area contributed by atoms with Crippen molar-refractivity contribution in [3.8, 4) is 5.95 Å². The molecule has 27 heavy (non-hydrogen) atoms. The Labute approximate surface area is 155 Å². The van der Waals surface area contributed by atoms with E-state index in [1.807, 2.05) is 0 Å². The molecule has 1 fully saturated rings. The summed E-state index contributed by atoms with van der Waals surface area (Å²) >= 11 is 0. The Morgan fingerprint density at radius 3 is 2.78 bits per heavy atom. The highest BCUT2D eigenvalue weighted by molar-refractivity contribution is 6.39. The molecule has 1 atom stereocenters. The largest absolute Gasteiger partial charge is 0.376 e. The molecule has 0 aliphatic carbocycles. The predicted octanol–water partition coefficient (Wildman–Crippen LogP) is 0.115. The molecule has 10 nitrogen and oxygen atoms in total. The molecular weight excluding hydrogens is 352 g/mol. The molecular formula is C17H22N6O4. The number of aryl methyl sites for hydroxylation is 2. The minimum Gasteiger partial charge on any atom is -0.376 e. The molecule has 1 saturated heterocycles. The first kappa shape index (κ1) is 18.8. The van der Waals surface area contributed by atoms with Crippen molar-refractivity contribution < 1.29 is 14.3 Å². The first-order valence-electron chi connectivity index (χ1n) is 8.70. The molecule has 144 valence electrons. The number of aromatic nitrogens is 4. The molecule has 0 spiro atoms. The Hall–Kier alpha value is -3.01. The van der Waals surface area contributed by atoms with Gasteiger partial charge in [-0.25, -0.2) is 4.98 Å². The normalized spacial score (nSPS) is 16.3. The highest BCUT2D eigenvalue weighted by atomic mass is 16.5. The van der Waals surface area contributed by atoms with Crippen LogP contribution in [0.1, 0.15) is 29.8 Å². The average molecular weight is 374 g/mol. The molecule has 0 bridgehead atoms. The maximum Gasteiger partial charge on any atom is 0.314 e. The minimum absolute atomic E-state index is 0.0562. The summed E-state index contributed by atoms with van der Waals surface area (Å²) in [6.07, 6.45) is 1.76. The van der Waals surface area contributed by atoms with Crippen LogP contribution in [0, 0.1) is 20.8 Å². The summed E-state index contributed by atoms with van der Waals surface area (Å²) in [6, 6.07) is 1.58. The van der Waals surface area contributed by atoms with E-state index in [1.165, 1.54) is 4.68 Å². The Morgan fingerprint density at radius 2 is 2.11 bits per heavy atom. The highest BCUT2D eigenvalue weighted by Crippen LogP contribution is 2.14. The summed E-state index contributed by atoms with van der Waals surface area (Å²) in [5.74, 6) is -1.21. The molecule has 3 rings (SSSR count). The topological polar surface area (TPSA) is 131 Å². The number of aromatic amines is 1. The molecule has 2 aromatic heterocycles. The third-order valence-corrected chi connectivity index (χ3v) is 4.38. The average Bonchev–Trinajstić information content (AvgIpc) is 3.26. The molecule has 1 aliphatic heterocycles. The van der Waals surface area contributed by atoms with Crippen LogP contribution in [-0.4, -0.2) is 50.8 Å². The molecule has 0 radical (unpaired) electrons. The SMILES string of the molecule is Cc1cc(NC(=O)C(=O)NCC2CCCO2)n(-c2nc(C)c(C)c(=O)[nH]2)n1. The fraction of sp³-hybridized carbons (Fsp3) is 0.471. The van der Waals surface area contributed by atoms with Crippen molar-refractivity contribution in [1.82, 2.24) is 25.1 Å². The van der Waals surface area contributed by atoms with Gasteiger partial charge in [-0.2, -0.15) is 9.78 Å². The van der Waals surface area contributed by atoms with Crippen molar-refractivity contribution in [1.29, 1.82) is 0 Å². The third kappa shape index (κ3) is 4.22. The van der Waals surface area contributed by atoms with Gasteiger partial charge in [-0.1, -0.05) is 0 Å². The van der Waals surface area contributed by atoms with Gasteiger partial charge < -0.3 is 15.4 Å². The molecule has 10 heteroatoms. The number of rotatable bonds is 4. The van der Waals surface area contributed by atoms with Gasteiger partial charge in [0.05, 0.1) is 11.8 Å². The standard InChI is InChI=1S/C17H22N6O4/c1-9-7-13(20-16(26)15(25)18-8-12-5-4-6-27-12)23(22-9)17-19-11(3)10(2)14(24)21-17/h7,12H,4-6,8H2,1-3H3,(H,18,25)(H,20,26)(H,19,21,24). The van der Waals surface area contributed by atoms with Crippen molar-refractivity contribution in [2.24, 2.45) is 0 Å². The lowest BCUT2D eigenvalue weighted by Crippen LogP contribution is -2.39. The van der Waals surface area contributed by atoms with Crippen LogP contribution in [0.2, 0.25) is 0 Å². The quantitative estimate of drug-likeness (QED) is 0.651. The number of carbonyl (C=O) groups is 2. The van der Waals surface area contributed by atoms with Gasteiger partial charge in [-0.15, -0.1) is 0 Å². The van der Waals surface area contributed by atoms with Crippen LogP contribution in [0.25, 0.3) is 5.95 Å². The van der Waals surface area contributed by atoms with Crippen LogP contribution in [0.3, 0.4) is 0 Å². The zero-order valence-corrected chi connectivity index (χ0v) is 15.5. The Bertz CT molecular complexity index is 926. The van der Waals surface area contributed by atoms with Crippen molar-refractivity contribution in [3.05, 3.63) is 33.4 Å². The predicted molar refractivity (Wildman–Crippen MR) is 96.8 cm³/mol. The van der Waals surface area contributed by atoms with Crippen molar-refractivity contribution >= 4 is 17.6 Å². The number of hydrogen-bond donors (Lipinski definition) is 3. The van der Waals surface area contributed by atoms with E-state index in [1.54, 1.807) is 26.8 Å².